The normalized spacial score (nSPS) is 11.2. The number of rotatable bonds is 5. The minimum Gasteiger partial charge on any atom is -0.419 e. The molecule has 0 aromatic heterocycles. The summed E-state index contributed by atoms with van der Waals surface area (Å²) in [6.07, 6.45) is 2.25. The molecule has 0 aliphatic rings. The Morgan fingerprint density at radius 3 is 2.38 bits per heavy atom. The van der Waals surface area contributed by atoms with Crippen LogP contribution in [-0.4, -0.2) is 16.4 Å². The standard InChI is InChI=1S/C11H18OSi/c1-3-9-12-13-11-7-5-10(4-2)6-8-11/h5-8H,3-4,9,13H2,1-2H3. The van der Waals surface area contributed by atoms with Gasteiger partial charge < -0.3 is 4.43 Å². The van der Waals surface area contributed by atoms with Gasteiger partial charge in [0.05, 0.1) is 0 Å². The Morgan fingerprint density at radius 1 is 1.15 bits per heavy atom. The van der Waals surface area contributed by atoms with Gasteiger partial charge in [0.2, 0.25) is 0 Å². The van der Waals surface area contributed by atoms with E-state index in [1.54, 1.807) is 0 Å². The van der Waals surface area contributed by atoms with Gasteiger partial charge in [0.1, 0.15) is 0 Å². The lowest BCUT2D eigenvalue weighted by Gasteiger charge is -2.02. The molecule has 1 rings (SSSR count). The van der Waals surface area contributed by atoms with E-state index in [-0.39, 0.29) is 0 Å². The van der Waals surface area contributed by atoms with Crippen molar-refractivity contribution in [2.24, 2.45) is 0 Å². The molecular formula is C11H18OSi. The predicted molar refractivity (Wildman–Crippen MR) is 60.2 cm³/mol. The Hall–Kier alpha value is -0.603. The van der Waals surface area contributed by atoms with E-state index < -0.39 is 9.76 Å². The van der Waals surface area contributed by atoms with Crippen molar-refractivity contribution in [3.63, 3.8) is 0 Å². The molecule has 0 atom stereocenters. The fourth-order valence-corrected chi connectivity index (χ4v) is 2.30. The van der Waals surface area contributed by atoms with Crippen LogP contribution in [0.5, 0.6) is 0 Å². The van der Waals surface area contributed by atoms with E-state index >= 15 is 0 Å². The fourth-order valence-electron chi connectivity index (χ4n) is 1.21. The predicted octanol–water partition coefficient (Wildman–Crippen LogP) is 1.38. The molecule has 1 aromatic rings. The highest BCUT2D eigenvalue weighted by atomic mass is 28.2. The molecule has 0 aliphatic carbocycles. The first-order valence-electron chi connectivity index (χ1n) is 5.02. The van der Waals surface area contributed by atoms with Crippen LogP contribution in [0.4, 0.5) is 0 Å². The average molecular weight is 194 g/mol. The topological polar surface area (TPSA) is 9.23 Å². The van der Waals surface area contributed by atoms with Gasteiger partial charge in [0, 0.05) is 6.61 Å². The summed E-state index contributed by atoms with van der Waals surface area (Å²) in [5.41, 5.74) is 1.41. The second-order valence-electron chi connectivity index (χ2n) is 3.22. The first kappa shape index (κ1) is 10.5. The largest absolute Gasteiger partial charge is 0.419 e. The molecule has 0 N–H and O–H groups in total. The number of aryl methyl sites for hydroxylation is 1. The quantitative estimate of drug-likeness (QED) is 0.508. The molecule has 72 valence electrons. The molecule has 0 saturated heterocycles. The van der Waals surface area contributed by atoms with E-state index in [1.807, 2.05) is 0 Å². The van der Waals surface area contributed by atoms with Crippen molar-refractivity contribution >= 4 is 14.9 Å². The highest BCUT2D eigenvalue weighted by Gasteiger charge is 1.93. The molecule has 1 nitrogen and oxygen atoms in total. The molecule has 0 radical (unpaired) electrons. The van der Waals surface area contributed by atoms with Crippen LogP contribution in [0, 0.1) is 0 Å². The van der Waals surface area contributed by atoms with Crippen LogP contribution >= 0.6 is 0 Å². The van der Waals surface area contributed by atoms with Gasteiger partial charge in [-0.25, -0.2) is 0 Å². The SMILES string of the molecule is CCCO[SiH2]c1ccc(CC)cc1. The molecule has 0 heterocycles. The van der Waals surface area contributed by atoms with E-state index in [1.165, 1.54) is 10.8 Å². The molecule has 2 heteroatoms. The van der Waals surface area contributed by atoms with Crippen LogP contribution in [-0.2, 0) is 10.8 Å². The summed E-state index contributed by atoms with van der Waals surface area (Å²) in [6.45, 7) is 5.25. The number of benzene rings is 1. The molecule has 0 fully saturated rings. The summed E-state index contributed by atoms with van der Waals surface area (Å²) in [7, 11) is -0.446. The van der Waals surface area contributed by atoms with Crippen molar-refractivity contribution in [2.45, 2.75) is 26.7 Å². The maximum absolute atomic E-state index is 5.58. The molecule has 0 amide bonds. The smallest absolute Gasteiger partial charge is 0.192 e. The number of hydrogen-bond donors (Lipinski definition) is 0. The van der Waals surface area contributed by atoms with Crippen molar-refractivity contribution in [1.29, 1.82) is 0 Å². The maximum Gasteiger partial charge on any atom is 0.192 e. The van der Waals surface area contributed by atoms with E-state index in [9.17, 15) is 0 Å². The summed E-state index contributed by atoms with van der Waals surface area (Å²) < 4.78 is 5.58. The lowest BCUT2D eigenvalue weighted by Crippen LogP contribution is -2.17. The van der Waals surface area contributed by atoms with E-state index in [2.05, 4.69) is 38.1 Å². The van der Waals surface area contributed by atoms with Gasteiger partial charge >= 0.3 is 0 Å². The first-order valence-corrected chi connectivity index (χ1v) is 6.30. The Labute approximate surface area is 83.1 Å². The minimum atomic E-state index is -0.446. The second kappa shape index (κ2) is 5.94. The second-order valence-corrected chi connectivity index (χ2v) is 4.74. The third-order valence-corrected chi connectivity index (χ3v) is 3.35. The summed E-state index contributed by atoms with van der Waals surface area (Å²) in [5.74, 6) is 0. The summed E-state index contributed by atoms with van der Waals surface area (Å²) in [6, 6.07) is 8.83. The van der Waals surface area contributed by atoms with Crippen LogP contribution < -0.4 is 5.19 Å². The fraction of sp³-hybridized carbons (Fsp3) is 0.455. The highest BCUT2D eigenvalue weighted by Crippen LogP contribution is 1.96. The van der Waals surface area contributed by atoms with Gasteiger partial charge in [0.15, 0.2) is 9.76 Å². The van der Waals surface area contributed by atoms with Crippen molar-refractivity contribution in [1.82, 2.24) is 0 Å². The van der Waals surface area contributed by atoms with Crippen LogP contribution in [0.2, 0.25) is 0 Å². The number of hydrogen-bond acceptors (Lipinski definition) is 1. The maximum atomic E-state index is 5.58. The third-order valence-electron chi connectivity index (χ3n) is 2.05. The minimum absolute atomic E-state index is 0.446. The van der Waals surface area contributed by atoms with Crippen molar-refractivity contribution < 1.29 is 4.43 Å². The van der Waals surface area contributed by atoms with E-state index in [4.69, 9.17) is 4.43 Å². The van der Waals surface area contributed by atoms with E-state index in [0.717, 1.165) is 19.4 Å². The monoisotopic (exact) mass is 194 g/mol. The van der Waals surface area contributed by atoms with Gasteiger partial charge in [-0.2, -0.15) is 0 Å². The zero-order valence-corrected chi connectivity index (χ0v) is 9.96. The molecule has 1 aromatic carbocycles. The molecule has 0 bridgehead atoms. The van der Waals surface area contributed by atoms with Crippen LogP contribution in [0.1, 0.15) is 25.8 Å². The molecule has 0 spiro atoms. The average Bonchev–Trinajstić information content (AvgIpc) is 2.19. The lowest BCUT2D eigenvalue weighted by atomic mass is 10.2. The van der Waals surface area contributed by atoms with Gasteiger partial charge in [-0.15, -0.1) is 0 Å². The molecule has 0 saturated carbocycles. The molecule has 0 unspecified atom stereocenters. The zero-order valence-electron chi connectivity index (χ0n) is 8.55. The summed E-state index contributed by atoms with van der Waals surface area (Å²) in [5, 5.41) is 1.41. The summed E-state index contributed by atoms with van der Waals surface area (Å²) >= 11 is 0. The van der Waals surface area contributed by atoms with Gasteiger partial charge in [-0.05, 0) is 23.6 Å². The van der Waals surface area contributed by atoms with Crippen molar-refractivity contribution in [3.8, 4) is 0 Å². The molecular weight excluding hydrogens is 176 g/mol. The van der Waals surface area contributed by atoms with Gasteiger partial charge in [-0.3, -0.25) is 0 Å². The Kier molecular flexibility index (Phi) is 4.79. The van der Waals surface area contributed by atoms with E-state index in [0.29, 0.717) is 0 Å². The van der Waals surface area contributed by atoms with Crippen LogP contribution in [0.25, 0.3) is 0 Å². The summed E-state index contributed by atoms with van der Waals surface area (Å²) in [4.78, 5) is 0. The molecule has 13 heavy (non-hydrogen) atoms. The first-order chi connectivity index (χ1) is 6.36. The third kappa shape index (κ3) is 3.74. The Morgan fingerprint density at radius 2 is 1.85 bits per heavy atom. The van der Waals surface area contributed by atoms with Crippen LogP contribution in [0.3, 0.4) is 0 Å². The van der Waals surface area contributed by atoms with Crippen molar-refractivity contribution in [2.75, 3.05) is 6.61 Å². The highest BCUT2D eigenvalue weighted by molar-refractivity contribution is 6.46. The Bertz CT molecular complexity index is 230. The van der Waals surface area contributed by atoms with Crippen molar-refractivity contribution in [3.05, 3.63) is 29.8 Å². The lowest BCUT2D eigenvalue weighted by molar-refractivity contribution is 0.341. The molecule has 0 aliphatic heterocycles. The van der Waals surface area contributed by atoms with Crippen LogP contribution in [0.15, 0.2) is 24.3 Å². The Balaban J connectivity index is 2.40. The van der Waals surface area contributed by atoms with Gasteiger partial charge in [0.25, 0.3) is 0 Å². The van der Waals surface area contributed by atoms with Gasteiger partial charge in [-0.1, -0.05) is 38.1 Å². The zero-order chi connectivity index (χ0) is 9.52.